The number of likely N-dealkylation sites (N-methyl/N-ethyl adjacent to an activating group) is 1. The predicted molar refractivity (Wildman–Crippen MR) is 65.5 cm³/mol. The molecule has 0 atom stereocenters. The van der Waals surface area contributed by atoms with E-state index in [9.17, 15) is 4.79 Å². The highest BCUT2D eigenvalue weighted by Gasteiger charge is 2.06. The zero-order chi connectivity index (χ0) is 12.3. The number of hydrogen-bond acceptors (Lipinski definition) is 5. The van der Waals surface area contributed by atoms with E-state index in [1.165, 1.54) is 4.68 Å². The van der Waals surface area contributed by atoms with Crippen molar-refractivity contribution in [3.8, 4) is 0 Å². The molecule has 2 aromatic rings. The monoisotopic (exact) mass is 233 g/mol. The van der Waals surface area contributed by atoms with Crippen molar-refractivity contribution >= 4 is 10.9 Å². The highest BCUT2D eigenvalue weighted by Crippen LogP contribution is 2.03. The minimum Gasteiger partial charge on any atom is -0.329 e. The van der Waals surface area contributed by atoms with Gasteiger partial charge in [0.05, 0.1) is 12.1 Å². The summed E-state index contributed by atoms with van der Waals surface area (Å²) in [4.78, 5) is 14.0. The molecule has 0 aliphatic rings. The van der Waals surface area contributed by atoms with Gasteiger partial charge in [-0.2, -0.15) is 4.68 Å². The van der Waals surface area contributed by atoms with Gasteiger partial charge in [0.15, 0.2) is 0 Å². The Morgan fingerprint density at radius 1 is 1.41 bits per heavy atom. The lowest BCUT2D eigenvalue weighted by Gasteiger charge is -2.15. The van der Waals surface area contributed by atoms with Crippen LogP contribution >= 0.6 is 0 Å². The first-order valence-corrected chi connectivity index (χ1v) is 5.43. The van der Waals surface area contributed by atoms with Gasteiger partial charge in [0.25, 0.3) is 5.56 Å². The fourth-order valence-electron chi connectivity index (χ4n) is 1.64. The van der Waals surface area contributed by atoms with E-state index < -0.39 is 0 Å². The lowest BCUT2D eigenvalue weighted by Crippen LogP contribution is -2.34. The average molecular weight is 233 g/mol. The average Bonchev–Trinajstić information content (AvgIpc) is 2.33. The Morgan fingerprint density at radius 2 is 2.18 bits per heavy atom. The summed E-state index contributed by atoms with van der Waals surface area (Å²) in [6, 6.07) is 7.18. The Hall–Kier alpha value is -1.79. The van der Waals surface area contributed by atoms with Gasteiger partial charge in [-0.15, -0.1) is 5.10 Å². The third kappa shape index (κ3) is 2.48. The quantitative estimate of drug-likeness (QED) is 0.780. The van der Waals surface area contributed by atoms with Crippen LogP contribution in [0.1, 0.15) is 0 Å². The van der Waals surface area contributed by atoms with Crippen molar-refractivity contribution in [2.45, 2.75) is 6.67 Å². The Labute approximate surface area is 98.6 Å². The van der Waals surface area contributed by atoms with Crippen molar-refractivity contribution in [2.75, 3.05) is 20.1 Å². The highest BCUT2D eigenvalue weighted by molar-refractivity contribution is 5.76. The summed E-state index contributed by atoms with van der Waals surface area (Å²) >= 11 is 0. The molecule has 6 heteroatoms. The largest absolute Gasteiger partial charge is 0.329 e. The fraction of sp³-hybridized carbons (Fsp3) is 0.364. The minimum atomic E-state index is -0.125. The molecular formula is C11H15N5O. The maximum absolute atomic E-state index is 12.1. The zero-order valence-electron chi connectivity index (χ0n) is 9.71. The van der Waals surface area contributed by atoms with Crippen molar-refractivity contribution in [3.05, 3.63) is 34.6 Å². The molecule has 90 valence electrons. The number of rotatable bonds is 4. The van der Waals surface area contributed by atoms with E-state index in [2.05, 4.69) is 10.3 Å². The van der Waals surface area contributed by atoms with Crippen LogP contribution in [0.15, 0.2) is 29.1 Å². The van der Waals surface area contributed by atoms with E-state index in [1.807, 2.05) is 24.1 Å². The number of nitrogens with two attached hydrogens (primary N) is 1. The molecule has 1 aromatic heterocycles. The van der Waals surface area contributed by atoms with Crippen molar-refractivity contribution in [1.29, 1.82) is 0 Å². The molecule has 0 saturated heterocycles. The van der Waals surface area contributed by atoms with E-state index >= 15 is 0 Å². The molecule has 0 saturated carbocycles. The second kappa shape index (κ2) is 5.03. The summed E-state index contributed by atoms with van der Waals surface area (Å²) in [5.41, 5.74) is 5.94. The van der Waals surface area contributed by atoms with Crippen LogP contribution in [0.4, 0.5) is 0 Å². The van der Waals surface area contributed by atoms with Crippen LogP contribution in [-0.4, -0.2) is 40.0 Å². The molecule has 2 N–H and O–H groups in total. The molecule has 0 amide bonds. The van der Waals surface area contributed by atoms with E-state index in [1.54, 1.807) is 12.1 Å². The lowest BCUT2D eigenvalue weighted by molar-refractivity contribution is 0.250. The molecule has 0 unspecified atom stereocenters. The van der Waals surface area contributed by atoms with Gasteiger partial charge >= 0.3 is 0 Å². The second-order valence-corrected chi connectivity index (χ2v) is 3.92. The highest BCUT2D eigenvalue weighted by atomic mass is 16.1. The third-order valence-electron chi connectivity index (χ3n) is 2.52. The van der Waals surface area contributed by atoms with Crippen LogP contribution in [0.5, 0.6) is 0 Å². The smallest absolute Gasteiger partial charge is 0.278 e. The Morgan fingerprint density at radius 3 is 2.94 bits per heavy atom. The van der Waals surface area contributed by atoms with E-state index in [4.69, 9.17) is 5.73 Å². The van der Waals surface area contributed by atoms with Gasteiger partial charge in [0.2, 0.25) is 0 Å². The summed E-state index contributed by atoms with van der Waals surface area (Å²) in [7, 11) is 1.89. The van der Waals surface area contributed by atoms with Crippen LogP contribution in [-0.2, 0) is 6.67 Å². The lowest BCUT2D eigenvalue weighted by atomic mass is 10.2. The summed E-state index contributed by atoms with van der Waals surface area (Å²) in [6.45, 7) is 1.65. The van der Waals surface area contributed by atoms with Crippen LogP contribution in [0.25, 0.3) is 10.9 Å². The maximum atomic E-state index is 12.1. The maximum Gasteiger partial charge on any atom is 0.278 e. The molecule has 0 bridgehead atoms. The molecule has 0 aliphatic heterocycles. The van der Waals surface area contributed by atoms with E-state index in [-0.39, 0.29) is 5.56 Å². The third-order valence-corrected chi connectivity index (χ3v) is 2.52. The molecule has 0 fully saturated rings. The summed E-state index contributed by atoms with van der Waals surface area (Å²) in [5, 5.41) is 8.50. The van der Waals surface area contributed by atoms with Gasteiger partial charge in [0, 0.05) is 13.1 Å². The SMILES string of the molecule is CN(CCN)Cn1nnc2ccccc2c1=O. The van der Waals surface area contributed by atoms with Gasteiger partial charge in [-0.25, -0.2) is 0 Å². The number of hydrogen-bond donors (Lipinski definition) is 1. The molecule has 2 rings (SSSR count). The molecule has 1 heterocycles. The predicted octanol–water partition coefficient (Wildman–Crippen LogP) is -0.360. The second-order valence-electron chi connectivity index (χ2n) is 3.92. The first kappa shape index (κ1) is 11.7. The standard InChI is InChI=1S/C11H15N5O/c1-15(7-6-12)8-16-11(17)9-4-2-3-5-10(9)13-14-16/h2-5H,6-8,12H2,1H3. The van der Waals surface area contributed by atoms with Crippen molar-refractivity contribution in [3.63, 3.8) is 0 Å². The van der Waals surface area contributed by atoms with E-state index in [0.29, 0.717) is 30.7 Å². The van der Waals surface area contributed by atoms with Gasteiger partial charge in [0.1, 0.15) is 5.52 Å². The molecular weight excluding hydrogens is 218 g/mol. The number of nitrogens with zero attached hydrogens (tertiary/aromatic N) is 4. The Balaban J connectivity index is 2.36. The van der Waals surface area contributed by atoms with Crippen molar-refractivity contribution in [1.82, 2.24) is 19.9 Å². The van der Waals surface area contributed by atoms with Gasteiger partial charge in [-0.1, -0.05) is 17.3 Å². The van der Waals surface area contributed by atoms with Crippen LogP contribution < -0.4 is 11.3 Å². The van der Waals surface area contributed by atoms with Gasteiger partial charge in [-0.3, -0.25) is 9.69 Å². The van der Waals surface area contributed by atoms with E-state index in [0.717, 1.165) is 0 Å². The molecule has 1 aromatic carbocycles. The molecule has 6 nitrogen and oxygen atoms in total. The molecule has 0 radical (unpaired) electrons. The molecule has 0 aliphatic carbocycles. The minimum absolute atomic E-state index is 0.125. The summed E-state index contributed by atoms with van der Waals surface area (Å²) in [5.74, 6) is 0. The zero-order valence-corrected chi connectivity index (χ0v) is 9.71. The summed E-state index contributed by atoms with van der Waals surface area (Å²) < 4.78 is 1.35. The summed E-state index contributed by atoms with van der Waals surface area (Å²) in [6.07, 6.45) is 0. The Kier molecular flexibility index (Phi) is 3.46. The van der Waals surface area contributed by atoms with Crippen LogP contribution in [0.3, 0.4) is 0 Å². The number of fused-ring (bicyclic) bond motifs is 1. The van der Waals surface area contributed by atoms with Gasteiger partial charge < -0.3 is 5.73 Å². The molecule has 17 heavy (non-hydrogen) atoms. The first-order valence-electron chi connectivity index (χ1n) is 5.43. The van der Waals surface area contributed by atoms with Crippen LogP contribution in [0.2, 0.25) is 0 Å². The van der Waals surface area contributed by atoms with Crippen molar-refractivity contribution in [2.24, 2.45) is 5.73 Å². The number of aromatic nitrogens is 3. The van der Waals surface area contributed by atoms with Crippen molar-refractivity contribution < 1.29 is 0 Å². The Bertz CT molecular complexity index is 565. The first-order chi connectivity index (χ1) is 8.22. The van der Waals surface area contributed by atoms with Crippen LogP contribution in [0, 0.1) is 0 Å². The fourth-order valence-corrected chi connectivity index (χ4v) is 1.64. The van der Waals surface area contributed by atoms with Gasteiger partial charge in [-0.05, 0) is 19.2 Å². The number of benzene rings is 1. The topological polar surface area (TPSA) is 77.0 Å². The normalized spacial score (nSPS) is 11.2. The molecule has 0 spiro atoms.